The molecule has 3 rings (SSSR count). The Morgan fingerprint density at radius 2 is 2.00 bits per heavy atom. The highest BCUT2D eigenvalue weighted by atomic mass is 35.5. The van der Waals surface area contributed by atoms with E-state index in [-0.39, 0.29) is 6.04 Å². The highest BCUT2D eigenvalue weighted by molar-refractivity contribution is 7.86. The predicted octanol–water partition coefficient (Wildman–Crippen LogP) is 1.88. The molecule has 1 aliphatic rings. The van der Waals surface area contributed by atoms with E-state index in [9.17, 15) is 8.42 Å². The van der Waals surface area contributed by atoms with Gasteiger partial charge >= 0.3 is 0 Å². The Hall–Kier alpha value is -1.42. The highest BCUT2D eigenvalue weighted by Crippen LogP contribution is 2.30. The lowest BCUT2D eigenvalue weighted by Gasteiger charge is -2.37. The van der Waals surface area contributed by atoms with E-state index in [1.54, 1.807) is 4.52 Å². The Morgan fingerprint density at radius 1 is 1.35 bits per heavy atom. The standard InChI is InChI=1S/C16H25ClN6O2S/c1-4-7-22(26(18,24)25)13-5-8-21(9-6-13)16-15-11(2)10-14(17)23(15)20-12(3)19-16/h10,13H,4-9H2,1-3H3,(H2,18,24,25). The molecule has 2 aromatic heterocycles. The zero-order valence-corrected chi connectivity index (χ0v) is 16.9. The van der Waals surface area contributed by atoms with E-state index < -0.39 is 10.2 Å². The summed E-state index contributed by atoms with van der Waals surface area (Å²) in [5.41, 5.74) is 1.92. The van der Waals surface area contributed by atoms with Gasteiger partial charge in [-0.05, 0) is 44.7 Å². The number of hydrogen-bond donors (Lipinski definition) is 1. The first-order chi connectivity index (χ1) is 12.2. The van der Waals surface area contributed by atoms with Crippen LogP contribution >= 0.6 is 11.6 Å². The molecule has 2 aromatic rings. The van der Waals surface area contributed by atoms with E-state index in [0.29, 0.717) is 43.5 Å². The minimum atomic E-state index is -3.69. The molecule has 10 heteroatoms. The average molecular weight is 401 g/mol. The Morgan fingerprint density at radius 3 is 2.58 bits per heavy atom. The second kappa shape index (κ2) is 7.30. The molecular formula is C16H25ClN6O2S. The lowest BCUT2D eigenvalue weighted by atomic mass is 10.0. The van der Waals surface area contributed by atoms with Crippen molar-refractivity contribution in [1.29, 1.82) is 0 Å². The summed E-state index contributed by atoms with van der Waals surface area (Å²) >= 11 is 6.28. The maximum absolute atomic E-state index is 11.9. The summed E-state index contributed by atoms with van der Waals surface area (Å²) in [4.78, 5) is 6.81. The van der Waals surface area contributed by atoms with Gasteiger partial charge in [-0.2, -0.15) is 17.8 Å². The van der Waals surface area contributed by atoms with Gasteiger partial charge in [-0.15, -0.1) is 0 Å². The third-order valence-corrected chi connectivity index (χ3v) is 6.19. The van der Waals surface area contributed by atoms with Crippen molar-refractivity contribution in [2.45, 2.75) is 46.1 Å². The second-order valence-corrected chi connectivity index (χ2v) is 8.65. The molecule has 8 nitrogen and oxygen atoms in total. The molecule has 0 amide bonds. The second-order valence-electron chi connectivity index (χ2n) is 6.77. The van der Waals surface area contributed by atoms with Crippen molar-refractivity contribution < 1.29 is 8.42 Å². The highest BCUT2D eigenvalue weighted by Gasteiger charge is 2.31. The van der Waals surface area contributed by atoms with Crippen molar-refractivity contribution in [3.8, 4) is 0 Å². The van der Waals surface area contributed by atoms with Gasteiger partial charge in [-0.3, -0.25) is 0 Å². The third kappa shape index (κ3) is 3.66. The van der Waals surface area contributed by atoms with E-state index in [1.165, 1.54) is 4.31 Å². The fourth-order valence-electron chi connectivity index (χ4n) is 3.65. The molecule has 0 radical (unpaired) electrons. The third-order valence-electron chi connectivity index (χ3n) is 4.79. The zero-order valence-electron chi connectivity index (χ0n) is 15.3. The normalized spacial score (nSPS) is 16.8. The van der Waals surface area contributed by atoms with E-state index in [0.717, 1.165) is 23.3 Å². The van der Waals surface area contributed by atoms with E-state index in [4.69, 9.17) is 16.7 Å². The number of anilines is 1. The molecule has 2 N–H and O–H groups in total. The van der Waals surface area contributed by atoms with Crippen molar-refractivity contribution in [3.05, 3.63) is 22.6 Å². The van der Waals surface area contributed by atoms with E-state index in [2.05, 4.69) is 15.0 Å². The number of aromatic nitrogens is 3. The molecule has 0 saturated carbocycles. The molecule has 26 heavy (non-hydrogen) atoms. The first-order valence-electron chi connectivity index (χ1n) is 8.79. The average Bonchev–Trinajstić information content (AvgIpc) is 2.85. The monoisotopic (exact) mass is 400 g/mol. The van der Waals surface area contributed by atoms with Gasteiger partial charge in [0, 0.05) is 25.7 Å². The molecule has 1 fully saturated rings. The van der Waals surface area contributed by atoms with Crippen LogP contribution in [-0.4, -0.2) is 53.0 Å². The van der Waals surface area contributed by atoms with Crippen LogP contribution in [0.25, 0.3) is 5.52 Å². The van der Waals surface area contributed by atoms with E-state index >= 15 is 0 Å². The molecule has 0 atom stereocenters. The van der Waals surface area contributed by atoms with Gasteiger partial charge in [0.15, 0.2) is 5.82 Å². The Bertz CT molecular complexity index is 905. The minimum absolute atomic E-state index is 0.0726. The Kier molecular flexibility index (Phi) is 5.43. The lowest BCUT2D eigenvalue weighted by molar-refractivity contribution is 0.274. The van der Waals surface area contributed by atoms with Crippen molar-refractivity contribution in [2.75, 3.05) is 24.5 Å². The van der Waals surface area contributed by atoms with Gasteiger partial charge in [0.05, 0.1) is 0 Å². The fourth-order valence-corrected chi connectivity index (χ4v) is 5.00. The number of aryl methyl sites for hydroxylation is 2. The van der Waals surface area contributed by atoms with Crippen LogP contribution in [0.2, 0.25) is 5.15 Å². The minimum Gasteiger partial charge on any atom is -0.355 e. The van der Waals surface area contributed by atoms with Crippen LogP contribution < -0.4 is 10.0 Å². The summed E-state index contributed by atoms with van der Waals surface area (Å²) in [6.45, 7) is 7.63. The molecule has 0 bridgehead atoms. The summed E-state index contributed by atoms with van der Waals surface area (Å²) in [6, 6.07) is 1.81. The number of nitrogens with two attached hydrogens (primary N) is 1. The van der Waals surface area contributed by atoms with Gasteiger partial charge in [0.1, 0.15) is 16.5 Å². The lowest BCUT2D eigenvalue weighted by Crippen LogP contribution is -2.50. The number of nitrogens with zero attached hydrogens (tertiary/aromatic N) is 5. The van der Waals surface area contributed by atoms with Gasteiger partial charge in [-0.25, -0.2) is 14.6 Å². The zero-order chi connectivity index (χ0) is 19.1. The quantitative estimate of drug-likeness (QED) is 0.826. The van der Waals surface area contributed by atoms with Crippen LogP contribution in [-0.2, 0) is 10.2 Å². The number of fused-ring (bicyclic) bond motifs is 1. The van der Waals surface area contributed by atoms with Gasteiger partial charge in [0.2, 0.25) is 0 Å². The molecule has 0 unspecified atom stereocenters. The van der Waals surface area contributed by atoms with E-state index in [1.807, 2.05) is 26.8 Å². The van der Waals surface area contributed by atoms with Crippen LogP contribution in [0.1, 0.15) is 37.6 Å². The first kappa shape index (κ1) is 19.3. The fraction of sp³-hybridized carbons (Fsp3) is 0.625. The van der Waals surface area contributed by atoms with Crippen LogP contribution in [0.5, 0.6) is 0 Å². The van der Waals surface area contributed by atoms with Crippen molar-refractivity contribution in [3.63, 3.8) is 0 Å². The summed E-state index contributed by atoms with van der Waals surface area (Å²) in [5.74, 6) is 1.49. The van der Waals surface area contributed by atoms with Crippen molar-refractivity contribution in [1.82, 2.24) is 18.9 Å². The first-order valence-corrected chi connectivity index (χ1v) is 10.7. The van der Waals surface area contributed by atoms with Crippen molar-refractivity contribution >= 4 is 33.1 Å². The number of halogens is 1. The predicted molar refractivity (Wildman–Crippen MR) is 103 cm³/mol. The maximum atomic E-state index is 11.9. The van der Waals surface area contributed by atoms with Crippen LogP contribution in [0.3, 0.4) is 0 Å². The number of piperidine rings is 1. The van der Waals surface area contributed by atoms with Crippen LogP contribution in [0.4, 0.5) is 5.82 Å². The molecule has 3 heterocycles. The van der Waals surface area contributed by atoms with Crippen molar-refractivity contribution in [2.24, 2.45) is 5.14 Å². The molecule has 0 spiro atoms. The summed E-state index contributed by atoms with van der Waals surface area (Å²) < 4.78 is 26.9. The summed E-state index contributed by atoms with van der Waals surface area (Å²) in [5, 5.41) is 10.4. The molecule has 144 valence electrons. The largest absolute Gasteiger partial charge is 0.355 e. The molecule has 1 saturated heterocycles. The maximum Gasteiger partial charge on any atom is 0.277 e. The SMILES string of the molecule is CCCN(C1CCN(c2nc(C)nn3c(Cl)cc(C)c23)CC1)S(N)(=O)=O. The Labute approximate surface area is 159 Å². The van der Waals surface area contributed by atoms with Gasteiger partial charge in [0.25, 0.3) is 10.2 Å². The molecule has 0 aromatic carbocycles. The summed E-state index contributed by atoms with van der Waals surface area (Å²) in [7, 11) is -3.69. The Balaban J connectivity index is 1.86. The molecule has 1 aliphatic heterocycles. The van der Waals surface area contributed by atoms with Gasteiger partial charge < -0.3 is 4.90 Å². The molecular weight excluding hydrogens is 376 g/mol. The number of hydrogen-bond acceptors (Lipinski definition) is 5. The van der Waals surface area contributed by atoms with Gasteiger partial charge in [-0.1, -0.05) is 18.5 Å². The topological polar surface area (TPSA) is 96.8 Å². The molecule has 0 aliphatic carbocycles. The smallest absolute Gasteiger partial charge is 0.277 e. The summed E-state index contributed by atoms with van der Waals surface area (Å²) in [6.07, 6.45) is 2.16. The van der Waals surface area contributed by atoms with Crippen LogP contribution in [0, 0.1) is 13.8 Å². The van der Waals surface area contributed by atoms with Crippen LogP contribution in [0.15, 0.2) is 6.07 Å². The number of rotatable bonds is 5.